The molecule has 6 rings (SSSR count). The Hall–Kier alpha value is -4.66. The number of hydrogen-bond donors (Lipinski definition) is 1. The molecule has 0 saturated carbocycles. The summed E-state index contributed by atoms with van der Waals surface area (Å²) in [6, 6.07) is 14.3. The number of morpholine rings is 1. The summed E-state index contributed by atoms with van der Waals surface area (Å²) in [6.07, 6.45) is 3.44. The number of benzene rings is 2. The minimum Gasteiger partial charge on any atom is -0.378 e. The standard InChI is InChI=1S/C34H39N9O2/c1-23-5-6-24(15-28(23)39-32-31-29(37-22-38-32)20-36-33(40-31)43-11-13-45-14-12-43)16-30(44)25-17-26(34(2,3)21-35)19-27(18-25)42-9-7-41(4)8-10-42/h5-6,15,17-20,22H,7-14,16H2,1-4H3,(H,37,38,39). The number of likely N-dealkylation sites (N-methyl/N-ethyl adjacent to an activating group) is 1. The normalized spacial score (nSPS) is 16.1. The Morgan fingerprint density at radius 3 is 2.53 bits per heavy atom. The van der Waals surface area contributed by atoms with Crippen molar-refractivity contribution in [2.75, 3.05) is 74.6 Å². The number of nitrogens with one attached hydrogen (secondary N) is 1. The van der Waals surface area contributed by atoms with E-state index < -0.39 is 5.41 Å². The molecule has 0 unspecified atom stereocenters. The summed E-state index contributed by atoms with van der Waals surface area (Å²) in [7, 11) is 2.12. The molecule has 232 valence electrons. The fourth-order valence-electron chi connectivity index (χ4n) is 5.63. The zero-order chi connectivity index (χ0) is 31.6. The van der Waals surface area contributed by atoms with Gasteiger partial charge in [0.25, 0.3) is 0 Å². The maximum Gasteiger partial charge on any atom is 0.226 e. The van der Waals surface area contributed by atoms with Crippen LogP contribution in [0.25, 0.3) is 11.0 Å². The van der Waals surface area contributed by atoms with E-state index in [1.165, 1.54) is 6.33 Å². The molecule has 2 aliphatic heterocycles. The molecule has 2 aliphatic rings. The molecule has 0 spiro atoms. The lowest BCUT2D eigenvalue weighted by Gasteiger charge is -2.35. The maximum atomic E-state index is 13.8. The second-order valence-electron chi connectivity index (χ2n) is 12.4. The van der Waals surface area contributed by atoms with Crippen molar-refractivity contribution < 1.29 is 9.53 Å². The zero-order valence-electron chi connectivity index (χ0n) is 26.4. The highest BCUT2D eigenvalue weighted by Crippen LogP contribution is 2.31. The largest absolute Gasteiger partial charge is 0.378 e. The third-order valence-corrected chi connectivity index (χ3v) is 8.69. The van der Waals surface area contributed by atoms with Crippen LogP contribution in [0.4, 0.5) is 23.1 Å². The number of nitrogens with zero attached hydrogens (tertiary/aromatic N) is 8. The number of aromatic nitrogens is 4. The first-order chi connectivity index (χ1) is 21.7. The molecule has 0 amide bonds. The summed E-state index contributed by atoms with van der Waals surface area (Å²) < 4.78 is 5.48. The van der Waals surface area contributed by atoms with Crippen molar-refractivity contribution in [3.63, 3.8) is 0 Å². The summed E-state index contributed by atoms with van der Waals surface area (Å²) in [4.78, 5) is 38.7. The summed E-state index contributed by atoms with van der Waals surface area (Å²) in [5.74, 6) is 1.20. The monoisotopic (exact) mass is 605 g/mol. The first-order valence-electron chi connectivity index (χ1n) is 15.4. The average molecular weight is 606 g/mol. The van der Waals surface area contributed by atoms with Crippen LogP contribution in [0.15, 0.2) is 48.9 Å². The van der Waals surface area contributed by atoms with Gasteiger partial charge in [0.15, 0.2) is 11.6 Å². The number of piperazine rings is 1. The lowest BCUT2D eigenvalue weighted by atomic mass is 9.84. The fraction of sp³-hybridized carbons (Fsp3) is 0.412. The molecule has 0 bridgehead atoms. The maximum absolute atomic E-state index is 13.8. The first kappa shape index (κ1) is 30.4. The third-order valence-electron chi connectivity index (χ3n) is 8.69. The van der Waals surface area contributed by atoms with E-state index in [-0.39, 0.29) is 12.2 Å². The molecule has 2 aromatic carbocycles. The second-order valence-corrected chi connectivity index (χ2v) is 12.4. The zero-order valence-corrected chi connectivity index (χ0v) is 26.4. The van der Waals surface area contributed by atoms with E-state index in [1.54, 1.807) is 6.20 Å². The number of ether oxygens (including phenoxy) is 1. The Kier molecular flexibility index (Phi) is 8.61. The van der Waals surface area contributed by atoms with Gasteiger partial charge in [-0.1, -0.05) is 12.1 Å². The van der Waals surface area contributed by atoms with E-state index in [4.69, 9.17) is 9.72 Å². The number of fused-ring (bicyclic) bond motifs is 1. The lowest BCUT2D eigenvalue weighted by molar-refractivity contribution is 0.0993. The van der Waals surface area contributed by atoms with Gasteiger partial charge in [-0.25, -0.2) is 19.9 Å². The van der Waals surface area contributed by atoms with Gasteiger partial charge in [0.2, 0.25) is 5.95 Å². The van der Waals surface area contributed by atoms with Crippen LogP contribution in [0.5, 0.6) is 0 Å². The number of carbonyl (C=O) groups is 1. The number of anilines is 4. The SMILES string of the molecule is Cc1ccc(CC(=O)c2cc(N3CCN(C)CC3)cc(C(C)(C)C#N)c2)cc1Nc1ncnc2cnc(N3CCOCC3)nc12. The van der Waals surface area contributed by atoms with E-state index >= 15 is 0 Å². The Morgan fingerprint density at radius 2 is 1.78 bits per heavy atom. The van der Waals surface area contributed by atoms with Crippen molar-refractivity contribution in [2.45, 2.75) is 32.6 Å². The average Bonchev–Trinajstić information content (AvgIpc) is 3.06. The molecule has 2 fully saturated rings. The third kappa shape index (κ3) is 6.72. The van der Waals surface area contributed by atoms with Crippen molar-refractivity contribution in [1.29, 1.82) is 5.26 Å². The summed E-state index contributed by atoms with van der Waals surface area (Å²) >= 11 is 0. The molecule has 2 aromatic heterocycles. The number of nitriles is 1. The summed E-state index contributed by atoms with van der Waals surface area (Å²) in [5, 5.41) is 13.3. The first-order valence-corrected chi connectivity index (χ1v) is 15.4. The minimum atomic E-state index is -0.718. The number of aryl methyl sites for hydroxylation is 1. The molecule has 0 radical (unpaired) electrons. The molecule has 2 saturated heterocycles. The molecular weight excluding hydrogens is 566 g/mol. The van der Waals surface area contributed by atoms with Gasteiger partial charge in [-0.2, -0.15) is 5.26 Å². The number of Topliss-reactive ketones (excluding diaryl/α,β-unsaturated/α-hetero) is 1. The second kappa shape index (κ2) is 12.8. The number of carbonyl (C=O) groups excluding carboxylic acids is 1. The molecule has 0 atom stereocenters. The van der Waals surface area contributed by atoms with Crippen molar-refractivity contribution >= 4 is 40.0 Å². The minimum absolute atomic E-state index is 0.00569. The molecule has 1 N–H and O–H groups in total. The van der Waals surface area contributed by atoms with E-state index in [0.717, 1.165) is 67.3 Å². The van der Waals surface area contributed by atoms with E-state index in [9.17, 15) is 10.1 Å². The van der Waals surface area contributed by atoms with Crippen molar-refractivity contribution in [2.24, 2.45) is 0 Å². The van der Waals surface area contributed by atoms with Gasteiger partial charge in [0, 0.05) is 62.6 Å². The Morgan fingerprint density at radius 1 is 1.00 bits per heavy atom. The predicted octanol–water partition coefficient (Wildman–Crippen LogP) is 4.29. The lowest BCUT2D eigenvalue weighted by Crippen LogP contribution is -2.44. The van der Waals surface area contributed by atoms with Crippen molar-refractivity contribution in [3.05, 3.63) is 71.2 Å². The topological polar surface area (TPSA) is 123 Å². The van der Waals surface area contributed by atoms with Crippen molar-refractivity contribution in [1.82, 2.24) is 24.8 Å². The van der Waals surface area contributed by atoms with Gasteiger partial charge in [-0.15, -0.1) is 0 Å². The predicted molar refractivity (Wildman–Crippen MR) is 175 cm³/mol. The molecular formula is C34H39N9O2. The Bertz CT molecular complexity index is 1750. The number of ketones is 1. The molecule has 0 aliphatic carbocycles. The Balaban J connectivity index is 1.26. The number of rotatable bonds is 8. The van der Waals surface area contributed by atoms with Crippen LogP contribution in [0.2, 0.25) is 0 Å². The highest BCUT2D eigenvalue weighted by Gasteiger charge is 2.25. The Labute approximate surface area is 263 Å². The van der Waals surface area contributed by atoms with Crippen LogP contribution in [-0.2, 0) is 16.6 Å². The summed E-state index contributed by atoms with van der Waals surface area (Å²) in [5.41, 5.74) is 5.74. The van der Waals surface area contributed by atoms with Crippen molar-refractivity contribution in [3.8, 4) is 6.07 Å². The summed E-state index contributed by atoms with van der Waals surface area (Å²) in [6.45, 7) is 12.2. The van der Waals surface area contributed by atoms with Gasteiger partial charge >= 0.3 is 0 Å². The van der Waals surface area contributed by atoms with Gasteiger partial charge in [-0.05, 0) is 68.8 Å². The molecule has 45 heavy (non-hydrogen) atoms. The van der Waals surface area contributed by atoms with Gasteiger partial charge < -0.3 is 24.8 Å². The molecule has 11 heteroatoms. The van der Waals surface area contributed by atoms with E-state index in [0.29, 0.717) is 41.6 Å². The quantitative estimate of drug-likeness (QED) is 0.289. The molecule has 4 heterocycles. The highest BCUT2D eigenvalue weighted by molar-refractivity contribution is 5.99. The highest BCUT2D eigenvalue weighted by atomic mass is 16.5. The van der Waals surface area contributed by atoms with Gasteiger partial charge in [-0.3, -0.25) is 4.79 Å². The van der Waals surface area contributed by atoms with Crippen LogP contribution < -0.4 is 15.1 Å². The van der Waals surface area contributed by atoms with Crippen LogP contribution in [0, 0.1) is 18.3 Å². The van der Waals surface area contributed by atoms with Gasteiger partial charge in [0.05, 0.1) is 30.9 Å². The smallest absolute Gasteiger partial charge is 0.226 e. The van der Waals surface area contributed by atoms with Crippen LogP contribution in [0.1, 0.15) is 40.9 Å². The van der Waals surface area contributed by atoms with Crippen LogP contribution >= 0.6 is 0 Å². The fourth-order valence-corrected chi connectivity index (χ4v) is 5.63. The molecule has 11 nitrogen and oxygen atoms in total. The van der Waals surface area contributed by atoms with Gasteiger partial charge in [0.1, 0.15) is 17.4 Å². The van der Waals surface area contributed by atoms with Crippen LogP contribution in [-0.4, -0.2) is 90.1 Å². The van der Waals surface area contributed by atoms with E-state index in [1.807, 2.05) is 51.1 Å². The van der Waals surface area contributed by atoms with Crippen LogP contribution in [0.3, 0.4) is 0 Å². The number of hydrogen-bond acceptors (Lipinski definition) is 11. The molecule has 4 aromatic rings. The van der Waals surface area contributed by atoms with E-state index in [2.05, 4.69) is 54.2 Å².